The van der Waals surface area contributed by atoms with Crippen LogP contribution >= 0.6 is 0 Å². The lowest BCUT2D eigenvalue weighted by Crippen LogP contribution is -2.42. The van der Waals surface area contributed by atoms with Gasteiger partial charge in [0.1, 0.15) is 0 Å². The van der Waals surface area contributed by atoms with Gasteiger partial charge < -0.3 is 5.32 Å². The lowest BCUT2D eigenvalue weighted by atomic mass is 10.0. The molecule has 0 aromatic heterocycles. The summed E-state index contributed by atoms with van der Waals surface area (Å²) in [6, 6.07) is -0.274. The zero-order valence-electron chi connectivity index (χ0n) is 6.78. The molecule has 1 saturated heterocycles. The molecule has 68 valence electrons. The fourth-order valence-corrected chi connectivity index (χ4v) is 1.36. The molecule has 0 amide bonds. The number of hydrogen-bond acceptors (Lipinski definition) is 4. The van der Waals surface area contributed by atoms with Crippen LogP contribution in [0.4, 0.5) is 0 Å². The SMILES string of the molecule is O=C(C[N+](=O)[O-])[C@@H]1CCCCN1. The summed E-state index contributed by atoms with van der Waals surface area (Å²) in [6.45, 7) is 0.256. The predicted octanol–water partition coefficient (Wildman–Crippen LogP) is -0.0257. The minimum Gasteiger partial charge on any atom is -0.307 e. The van der Waals surface area contributed by atoms with Gasteiger partial charge in [0.2, 0.25) is 5.78 Å². The number of piperidine rings is 1. The number of hydrogen-bond donors (Lipinski definition) is 1. The Morgan fingerprint density at radius 1 is 1.58 bits per heavy atom. The maximum atomic E-state index is 11.1. The Morgan fingerprint density at radius 3 is 2.83 bits per heavy atom. The van der Waals surface area contributed by atoms with Gasteiger partial charge in [-0.25, -0.2) is 0 Å². The third-order valence-electron chi connectivity index (χ3n) is 1.98. The zero-order chi connectivity index (χ0) is 8.97. The molecule has 1 N–H and O–H groups in total. The Bertz CT molecular complexity index is 187. The third-order valence-corrected chi connectivity index (χ3v) is 1.98. The minimum atomic E-state index is -0.571. The minimum absolute atomic E-state index is 0.274. The molecule has 5 nitrogen and oxygen atoms in total. The number of nitrogens with zero attached hydrogens (tertiary/aromatic N) is 1. The van der Waals surface area contributed by atoms with E-state index in [4.69, 9.17) is 0 Å². The van der Waals surface area contributed by atoms with Crippen LogP contribution in [-0.4, -0.2) is 29.8 Å². The van der Waals surface area contributed by atoms with Crippen LogP contribution in [0.25, 0.3) is 0 Å². The van der Waals surface area contributed by atoms with Gasteiger partial charge in [0, 0.05) is 4.92 Å². The van der Waals surface area contributed by atoms with Gasteiger partial charge in [0.05, 0.1) is 6.04 Å². The molecule has 0 aromatic rings. The highest BCUT2D eigenvalue weighted by Crippen LogP contribution is 2.07. The molecule has 12 heavy (non-hydrogen) atoms. The van der Waals surface area contributed by atoms with E-state index in [1.165, 1.54) is 0 Å². The van der Waals surface area contributed by atoms with Crippen LogP contribution in [0.3, 0.4) is 0 Å². The van der Waals surface area contributed by atoms with Crippen molar-refractivity contribution >= 4 is 5.78 Å². The van der Waals surface area contributed by atoms with E-state index in [9.17, 15) is 14.9 Å². The van der Waals surface area contributed by atoms with E-state index < -0.39 is 11.5 Å². The molecule has 1 atom stereocenters. The molecule has 0 bridgehead atoms. The second kappa shape index (κ2) is 4.15. The summed E-state index contributed by atoms with van der Waals surface area (Å²) in [5, 5.41) is 13.0. The van der Waals surface area contributed by atoms with Crippen molar-refractivity contribution in [3.63, 3.8) is 0 Å². The Hall–Kier alpha value is -0.970. The Morgan fingerprint density at radius 2 is 2.33 bits per heavy atom. The molecule has 1 aliphatic heterocycles. The number of nitro groups is 1. The van der Waals surface area contributed by atoms with Crippen LogP contribution in [0.1, 0.15) is 19.3 Å². The molecule has 1 heterocycles. The summed E-state index contributed by atoms with van der Waals surface area (Å²) >= 11 is 0. The van der Waals surface area contributed by atoms with Gasteiger partial charge >= 0.3 is 0 Å². The van der Waals surface area contributed by atoms with Crippen molar-refractivity contribution in [3.05, 3.63) is 10.1 Å². The van der Waals surface area contributed by atoms with Crippen LogP contribution in [-0.2, 0) is 4.79 Å². The summed E-state index contributed by atoms with van der Waals surface area (Å²) in [6.07, 6.45) is 2.79. The topological polar surface area (TPSA) is 72.2 Å². The van der Waals surface area contributed by atoms with Crippen molar-refractivity contribution in [3.8, 4) is 0 Å². The first-order valence-electron chi connectivity index (χ1n) is 4.08. The van der Waals surface area contributed by atoms with Crippen molar-refractivity contribution in [2.45, 2.75) is 25.3 Å². The number of Topliss-reactive ketones (excluding diaryl/α,β-unsaturated/α-hetero) is 1. The smallest absolute Gasteiger partial charge is 0.262 e. The van der Waals surface area contributed by atoms with Crippen LogP contribution in [0.2, 0.25) is 0 Å². The predicted molar refractivity (Wildman–Crippen MR) is 42.5 cm³/mol. The quantitative estimate of drug-likeness (QED) is 0.479. The molecule has 0 saturated carbocycles. The summed E-state index contributed by atoms with van der Waals surface area (Å²) in [5.74, 6) is -0.292. The van der Waals surface area contributed by atoms with Gasteiger partial charge in [-0.1, -0.05) is 6.42 Å². The van der Waals surface area contributed by atoms with Gasteiger partial charge in [0.25, 0.3) is 6.54 Å². The van der Waals surface area contributed by atoms with Gasteiger partial charge in [-0.05, 0) is 19.4 Å². The Balaban J connectivity index is 2.34. The van der Waals surface area contributed by atoms with E-state index in [1.807, 2.05) is 0 Å². The highest BCUT2D eigenvalue weighted by atomic mass is 16.6. The number of nitrogens with one attached hydrogen (secondary N) is 1. The van der Waals surface area contributed by atoms with E-state index in [-0.39, 0.29) is 11.8 Å². The van der Waals surface area contributed by atoms with Gasteiger partial charge in [0.15, 0.2) is 0 Å². The van der Waals surface area contributed by atoms with E-state index in [0.717, 1.165) is 25.8 Å². The summed E-state index contributed by atoms with van der Waals surface area (Å²) < 4.78 is 0. The van der Waals surface area contributed by atoms with Crippen LogP contribution in [0.15, 0.2) is 0 Å². The zero-order valence-corrected chi connectivity index (χ0v) is 6.78. The Labute approximate surface area is 70.3 Å². The third kappa shape index (κ3) is 2.58. The fourth-order valence-electron chi connectivity index (χ4n) is 1.36. The van der Waals surface area contributed by atoms with Crippen molar-refractivity contribution in [1.29, 1.82) is 0 Å². The Kier molecular flexibility index (Phi) is 3.16. The van der Waals surface area contributed by atoms with E-state index >= 15 is 0 Å². The van der Waals surface area contributed by atoms with Crippen molar-refractivity contribution in [2.75, 3.05) is 13.1 Å². The van der Waals surface area contributed by atoms with Crippen molar-refractivity contribution in [1.82, 2.24) is 5.32 Å². The molecular weight excluding hydrogens is 160 g/mol. The summed E-state index contributed by atoms with van der Waals surface area (Å²) in [4.78, 5) is 20.5. The molecule has 0 aliphatic carbocycles. The molecule has 0 aromatic carbocycles. The van der Waals surface area contributed by atoms with Gasteiger partial charge in [-0.15, -0.1) is 0 Å². The average molecular weight is 172 g/mol. The van der Waals surface area contributed by atoms with Gasteiger partial charge in [-0.2, -0.15) is 0 Å². The molecule has 0 spiro atoms. The molecule has 5 heteroatoms. The van der Waals surface area contributed by atoms with Gasteiger partial charge in [-0.3, -0.25) is 14.9 Å². The lowest BCUT2D eigenvalue weighted by Gasteiger charge is -2.20. The van der Waals surface area contributed by atoms with Crippen LogP contribution in [0.5, 0.6) is 0 Å². The standard InChI is InChI=1S/C7H12N2O3/c10-7(5-9(11)12)6-3-1-2-4-8-6/h6,8H,1-5H2/t6-/m0/s1. The highest BCUT2D eigenvalue weighted by molar-refractivity contribution is 5.85. The summed E-state index contributed by atoms with van der Waals surface area (Å²) in [5.41, 5.74) is 0. The summed E-state index contributed by atoms with van der Waals surface area (Å²) in [7, 11) is 0. The highest BCUT2D eigenvalue weighted by Gasteiger charge is 2.23. The number of ketones is 1. The van der Waals surface area contributed by atoms with Crippen LogP contribution in [0, 0.1) is 10.1 Å². The first kappa shape index (κ1) is 9.12. The molecule has 0 unspecified atom stereocenters. The van der Waals surface area contributed by atoms with Crippen LogP contribution < -0.4 is 5.32 Å². The number of carbonyl (C=O) groups is 1. The molecule has 1 rings (SSSR count). The normalized spacial score (nSPS) is 23.5. The first-order chi connectivity index (χ1) is 5.70. The molecule has 1 fully saturated rings. The van der Waals surface area contributed by atoms with E-state index in [1.54, 1.807) is 0 Å². The first-order valence-corrected chi connectivity index (χ1v) is 4.08. The van der Waals surface area contributed by atoms with Crippen molar-refractivity contribution < 1.29 is 9.72 Å². The number of rotatable bonds is 3. The largest absolute Gasteiger partial charge is 0.307 e. The van der Waals surface area contributed by atoms with E-state index in [2.05, 4.69) is 5.32 Å². The van der Waals surface area contributed by atoms with E-state index in [0.29, 0.717) is 0 Å². The van der Waals surface area contributed by atoms with Crippen molar-refractivity contribution in [2.24, 2.45) is 0 Å². The molecule has 0 radical (unpaired) electrons. The second-order valence-corrected chi connectivity index (χ2v) is 2.96. The monoisotopic (exact) mass is 172 g/mol. The number of carbonyl (C=O) groups excluding carboxylic acids is 1. The lowest BCUT2D eigenvalue weighted by molar-refractivity contribution is -0.467. The molecule has 1 aliphatic rings. The second-order valence-electron chi connectivity index (χ2n) is 2.96. The maximum absolute atomic E-state index is 11.1. The molecular formula is C7H12N2O3. The maximum Gasteiger partial charge on any atom is 0.262 e. The fraction of sp³-hybridized carbons (Fsp3) is 0.857. The average Bonchev–Trinajstić information content (AvgIpc) is 2.05.